The molecule has 0 amide bonds. The molecule has 1 aromatic carbocycles. The maximum atomic E-state index is 8.74. The Morgan fingerprint density at radius 1 is 1.28 bits per heavy atom. The third-order valence-corrected chi connectivity index (χ3v) is 2.33. The van der Waals surface area contributed by atoms with E-state index < -0.39 is 0 Å². The number of aliphatic hydroxyl groups excluding tert-OH is 1. The van der Waals surface area contributed by atoms with Crippen LogP contribution in [0, 0.1) is 0 Å². The molecule has 0 aromatic heterocycles. The topological polar surface area (TPSA) is 56.7 Å². The van der Waals surface area contributed by atoms with Crippen molar-refractivity contribution in [1.29, 1.82) is 0 Å². The van der Waals surface area contributed by atoms with Crippen LogP contribution in [0.1, 0.15) is 12.5 Å². The van der Waals surface area contributed by atoms with Crippen LogP contribution < -0.4 is 10.6 Å². The van der Waals surface area contributed by atoms with Gasteiger partial charge in [-0.2, -0.15) is 0 Å². The Bertz CT molecular complexity index is 357. The number of aliphatic hydroxyl groups is 1. The zero-order valence-electron chi connectivity index (χ0n) is 10.3. The fourth-order valence-electron chi connectivity index (χ4n) is 1.28. The molecule has 0 aliphatic carbocycles. The first-order chi connectivity index (χ1) is 8.26. The average molecular weight is 384 g/mol. The van der Waals surface area contributed by atoms with Gasteiger partial charge in [0.25, 0.3) is 0 Å². The summed E-state index contributed by atoms with van der Waals surface area (Å²) < 4.78 is 0. The molecule has 0 atom stereocenters. The van der Waals surface area contributed by atoms with Crippen LogP contribution in [0.4, 0.5) is 0 Å². The molecule has 0 saturated heterocycles. The monoisotopic (exact) mass is 383 g/mol. The molecule has 1 rings (SSSR count). The predicted octanol–water partition coefficient (Wildman–Crippen LogP) is 2.01. The van der Waals surface area contributed by atoms with Gasteiger partial charge < -0.3 is 15.7 Å². The average Bonchev–Trinajstić information content (AvgIpc) is 2.35. The van der Waals surface area contributed by atoms with Crippen LogP contribution in [0.3, 0.4) is 0 Å². The third kappa shape index (κ3) is 7.03. The number of aliphatic imine (C=N–C) groups is 1. The fourth-order valence-corrected chi connectivity index (χ4v) is 1.40. The molecule has 102 valence electrons. The standard InChI is InChI=1S/C12H18ClN3O.HI/c1-2-14-12(15-7-8-17)16-9-10-3-5-11(13)6-4-10;/h3-6,17H,2,7-9H2,1H3,(H2,14,15,16);1H. The van der Waals surface area contributed by atoms with Crippen molar-refractivity contribution in [1.82, 2.24) is 10.6 Å². The molecule has 3 N–H and O–H groups in total. The van der Waals surface area contributed by atoms with E-state index >= 15 is 0 Å². The van der Waals surface area contributed by atoms with E-state index in [1.54, 1.807) is 0 Å². The highest BCUT2D eigenvalue weighted by Gasteiger charge is 1.96. The van der Waals surface area contributed by atoms with Crippen LogP contribution in [-0.2, 0) is 6.54 Å². The summed E-state index contributed by atoms with van der Waals surface area (Å²) in [6, 6.07) is 7.59. The predicted molar refractivity (Wildman–Crippen MR) is 86.8 cm³/mol. The summed E-state index contributed by atoms with van der Waals surface area (Å²) in [4.78, 5) is 4.39. The largest absolute Gasteiger partial charge is 0.395 e. The number of hydrogen-bond acceptors (Lipinski definition) is 2. The molecule has 18 heavy (non-hydrogen) atoms. The fraction of sp³-hybridized carbons (Fsp3) is 0.417. The molecule has 0 heterocycles. The summed E-state index contributed by atoms with van der Waals surface area (Å²) in [5, 5.41) is 15.6. The lowest BCUT2D eigenvalue weighted by molar-refractivity contribution is 0.300. The van der Waals surface area contributed by atoms with E-state index in [1.165, 1.54) is 0 Å². The number of guanidine groups is 1. The number of nitrogens with one attached hydrogen (secondary N) is 2. The Morgan fingerprint density at radius 2 is 1.94 bits per heavy atom. The summed E-state index contributed by atoms with van der Waals surface area (Å²) in [6.45, 7) is 3.95. The molecule has 1 aromatic rings. The van der Waals surface area contributed by atoms with Gasteiger partial charge in [0.15, 0.2) is 5.96 Å². The van der Waals surface area contributed by atoms with Gasteiger partial charge in [0.05, 0.1) is 13.2 Å². The Morgan fingerprint density at radius 3 is 2.50 bits per heavy atom. The second-order valence-electron chi connectivity index (χ2n) is 3.47. The lowest BCUT2D eigenvalue weighted by atomic mass is 10.2. The SMILES string of the molecule is CCNC(=NCc1ccc(Cl)cc1)NCCO.I. The number of halogens is 2. The van der Waals surface area contributed by atoms with Crippen LogP contribution in [0.2, 0.25) is 5.02 Å². The van der Waals surface area contributed by atoms with Crippen LogP contribution in [0.15, 0.2) is 29.3 Å². The van der Waals surface area contributed by atoms with E-state index in [2.05, 4.69) is 15.6 Å². The van der Waals surface area contributed by atoms with Gasteiger partial charge in [-0.1, -0.05) is 23.7 Å². The molecule has 0 aliphatic rings. The molecule has 0 fully saturated rings. The maximum absolute atomic E-state index is 8.74. The van der Waals surface area contributed by atoms with E-state index in [-0.39, 0.29) is 30.6 Å². The lowest BCUT2D eigenvalue weighted by Gasteiger charge is -2.09. The van der Waals surface area contributed by atoms with Gasteiger partial charge in [-0.05, 0) is 24.6 Å². The second kappa shape index (κ2) is 10.4. The van der Waals surface area contributed by atoms with Crippen molar-refractivity contribution in [2.75, 3.05) is 19.7 Å². The van der Waals surface area contributed by atoms with Gasteiger partial charge in [-0.15, -0.1) is 24.0 Å². The number of benzene rings is 1. The smallest absolute Gasteiger partial charge is 0.191 e. The highest BCUT2D eigenvalue weighted by atomic mass is 127. The summed E-state index contributed by atoms with van der Waals surface area (Å²) in [6.07, 6.45) is 0. The summed E-state index contributed by atoms with van der Waals surface area (Å²) in [7, 11) is 0. The first kappa shape index (κ1) is 17.5. The van der Waals surface area contributed by atoms with Crippen molar-refractivity contribution in [2.45, 2.75) is 13.5 Å². The molecule has 0 saturated carbocycles. The van der Waals surface area contributed by atoms with E-state index in [0.29, 0.717) is 19.0 Å². The van der Waals surface area contributed by atoms with Crippen molar-refractivity contribution in [3.63, 3.8) is 0 Å². The van der Waals surface area contributed by atoms with Gasteiger partial charge >= 0.3 is 0 Å². The van der Waals surface area contributed by atoms with Crippen LogP contribution in [0.25, 0.3) is 0 Å². The lowest BCUT2D eigenvalue weighted by Crippen LogP contribution is -2.38. The highest BCUT2D eigenvalue weighted by Crippen LogP contribution is 2.09. The first-order valence-corrected chi connectivity index (χ1v) is 6.01. The highest BCUT2D eigenvalue weighted by molar-refractivity contribution is 14.0. The van der Waals surface area contributed by atoms with Crippen LogP contribution in [-0.4, -0.2) is 30.8 Å². The van der Waals surface area contributed by atoms with Gasteiger partial charge in [0.1, 0.15) is 0 Å². The van der Waals surface area contributed by atoms with E-state index in [0.717, 1.165) is 17.1 Å². The number of nitrogens with zero attached hydrogens (tertiary/aromatic N) is 1. The minimum Gasteiger partial charge on any atom is -0.395 e. The molecule has 0 spiro atoms. The Balaban J connectivity index is 0.00000289. The number of hydrogen-bond donors (Lipinski definition) is 3. The Kier molecular flexibility index (Phi) is 10.1. The van der Waals surface area contributed by atoms with E-state index in [9.17, 15) is 0 Å². The van der Waals surface area contributed by atoms with Gasteiger partial charge in [0, 0.05) is 18.1 Å². The molecular weight excluding hydrogens is 365 g/mol. The van der Waals surface area contributed by atoms with Crippen molar-refractivity contribution >= 4 is 41.5 Å². The second-order valence-corrected chi connectivity index (χ2v) is 3.91. The maximum Gasteiger partial charge on any atom is 0.191 e. The van der Waals surface area contributed by atoms with Crippen molar-refractivity contribution in [3.05, 3.63) is 34.9 Å². The first-order valence-electron chi connectivity index (χ1n) is 5.63. The number of rotatable bonds is 5. The summed E-state index contributed by atoms with van der Waals surface area (Å²) in [5.41, 5.74) is 1.09. The van der Waals surface area contributed by atoms with Crippen LogP contribution in [0.5, 0.6) is 0 Å². The molecule has 0 radical (unpaired) electrons. The van der Waals surface area contributed by atoms with Crippen LogP contribution >= 0.6 is 35.6 Å². The molecule has 0 unspecified atom stereocenters. The van der Waals surface area contributed by atoms with Crippen molar-refractivity contribution < 1.29 is 5.11 Å². The zero-order valence-corrected chi connectivity index (χ0v) is 13.4. The Labute approximate surface area is 130 Å². The summed E-state index contributed by atoms with van der Waals surface area (Å²) in [5.74, 6) is 0.705. The van der Waals surface area contributed by atoms with Crippen molar-refractivity contribution in [2.24, 2.45) is 4.99 Å². The van der Waals surface area contributed by atoms with Gasteiger partial charge in [0.2, 0.25) is 0 Å². The zero-order chi connectivity index (χ0) is 12.5. The molecule has 6 heteroatoms. The third-order valence-electron chi connectivity index (χ3n) is 2.08. The van der Waals surface area contributed by atoms with Gasteiger partial charge in [-0.25, -0.2) is 4.99 Å². The minimum absolute atomic E-state index is 0. The molecule has 0 bridgehead atoms. The minimum atomic E-state index is 0. The normalized spacial score (nSPS) is 10.7. The van der Waals surface area contributed by atoms with Crippen molar-refractivity contribution in [3.8, 4) is 0 Å². The van der Waals surface area contributed by atoms with E-state index in [1.807, 2.05) is 31.2 Å². The molecular formula is C12H19ClIN3O. The Hall–Kier alpha value is -0.530. The molecule has 4 nitrogen and oxygen atoms in total. The quantitative estimate of drug-likeness (QED) is 0.414. The summed E-state index contributed by atoms with van der Waals surface area (Å²) >= 11 is 5.80. The van der Waals surface area contributed by atoms with E-state index in [4.69, 9.17) is 16.7 Å². The molecule has 0 aliphatic heterocycles. The van der Waals surface area contributed by atoms with Gasteiger partial charge in [-0.3, -0.25) is 0 Å².